The quantitative estimate of drug-likeness (QED) is 0.441. The van der Waals surface area contributed by atoms with Crippen molar-refractivity contribution in [3.05, 3.63) is 106 Å². The van der Waals surface area contributed by atoms with Gasteiger partial charge in [-0.15, -0.1) is 0 Å². The van der Waals surface area contributed by atoms with E-state index in [-0.39, 0.29) is 18.2 Å². The molecule has 1 N–H and O–H groups in total. The lowest BCUT2D eigenvalue weighted by Gasteiger charge is -2.32. The summed E-state index contributed by atoms with van der Waals surface area (Å²) in [5.41, 5.74) is 4.01. The van der Waals surface area contributed by atoms with Gasteiger partial charge in [-0.25, -0.2) is 0 Å². The Bertz CT molecular complexity index is 1050. The van der Waals surface area contributed by atoms with Crippen molar-refractivity contribution < 1.29 is 9.59 Å². The van der Waals surface area contributed by atoms with Crippen LogP contribution in [-0.4, -0.2) is 29.3 Å². The molecular formula is C28H31ClN2O2. The zero-order valence-corrected chi connectivity index (χ0v) is 20.0. The Labute approximate surface area is 201 Å². The molecule has 0 saturated carbocycles. The van der Waals surface area contributed by atoms with Crippen LogP contribution in [0.4, 0.5) is 0 Å². The van der Waals surface area contributed by atoms with E-state index >= 15 is 0 Å². The summed E-state index contributed by atoms with van der Waals surface area (Å²) in [4.78, 5) is 28.7. The number of nitrogens with zero attached hydrogens (tertiary/aromatic N) is 1. The molecule has 3 rings (SSSR count). The maximum absolute atomic E-state index is 13.6. The number of hydrogen-bond donors (Lipinski definition) is 1. The van der Waals surface area contributed by atoms with E-state index < -0.39 is 6.04 Å². The van der Waals surface area contributed by atoms with E-state index in [0.29, 0.717) is 24.5 Å². The van der Waals surface area contributed by atoms with Crippen molar-refractivity contribution in [1.82, 2.24) is 10.2 Å². The molecule has 3 aromatic rings. The zero-order valence-electron chi connectivity index (χ0n) is 19.3. The molecular weight excluding hydrogens is 432 g/mol. The van der Waals surface area contributed by atoms with Crippen molar-refractivity contribution in [3.63, 3.8) is 0 Å². The Morgan fingerprint density at radius 2 is 1.58 bits per heavy atom. The lowest BCUT2D eigenvalue weighted by molar-refractivity contribution is -0.140. The van der Waals surface area contributed by atoms with Crippen LogP contribution in [0.25, 0.3) is 0 Å². The Hall–Kier alpha value is -3.11. The van der Waals surface area contributed by atoms with Crippen molar-refractivity contribution in [2.45, 2.75) is 45.7 Å². The summed E-state index contributed by atoms with van der Waals surface area (Å²) in [7, 11) is 0. The van der Waals surface area contributed by atoms with Gasteiger partial charge in [-0.2, -0.15) is 0 Å². The third-order valence-corrected chi connectivity index (χ3v) is 5.94. The molecule has 0 aliphatic carbocycles. The molecule has 0 radical (unpaired) electrons. The minimum Gasteiger partial charge on any atom is -0.354 e. The first-order chi connectivity index (χ1) is 16.0. The molecule has 0 spiro atoms. The number of amides is 2. The number of nitrogens with one attached hydrogen (secondary N) is 1. The Kier molecular flexibility index (Phi) is 9.08. The predicted molar refractivity (Wildman–Crippen MR) is 134 cm³/mol. The number of hydrogen-bond acceptors (Lipinski definition) is 2. The summed E-state index contributed by atoms with van der Waals surface area (Å²) in [5, 5.41) is 3.64. The van der Waals surface area contributed by atoms with Crippen molar-refractivity contribution in [2.75, 3.05) is 6.54 Å². The van der Waals surface area contributed by atoms with Crippen molar-refractivity contribution in [1.29, 1.82) is 0 Å². The van der Waals surface area contributed by atoms with Crippen LogP contribution in [0.2, 0.25) is 5.02 Å². The smallest absolute Gasteiger partial charge is 0.243 e. The van der Waals surface area contributed by atoms with Gasteiger partial charge in [-0.05, 0) is 47.7 Å². The van der Waals surface area contributed by atoms with Gasteiger partial charge in [0.2, 0.25) is 11.8 Å². The Morgan fingerprint density at radius 1 is 0.909 bits per heavy atom. The van der Waals surface area contributed by atoms with Gasteiger partial charge in [0, 0.05) is 24.5 Å². The van der Waals surface area contributed by atoms with Crippen LogP contribution in [0.3, 0.4) is 0 Å². The molecule has 0 fully saturated rings. The number of halogens is 1. The van der Waals surface area contributed by atoms with Gasteiger partial charge in [0.05, 0.1) is 6.42 Å². The third kappa shape index (κ3) is 7.19. The molecule has 3 aromatic carbocycles. The van der Waals surface area contributed by atoms with Crippen LogP contribution in [0.15, 0.2) is 78.9 Å². The highest BCUT2D eigenvalue weighted by Crippen LogP contribution is 2.19. The van der Waals surface area contributed by atoms with Crippen molar-refractivity contribution >= 4 is 23.4 Å². The Morgan fingerprint density at radius 3 is 2.24 bits per heavy atom. The minimum atomic E-state index is -0.613. The standard InChI is InChI=1S/C28H31ClN2O2/c1-3-17-30-28(33)26(18-22-10-5-4-6-11-22)31(20-24-12-8-7-9-21(24)2)27(32)19-23-13-15-25(29)16-14-23/h4-16,26H,3,17-20H2,1-2H3,(H,30,33)/t26-/m0/s1. The summed E-state index contributed by atoms with van der Waals surface area (Å²) < 4.78 is 0. The van der Waals surface area contributed by atoms with E-state index in [0.717, 1.165) is 28.7 Å². The number of benzene rings is 3. The third-order valence-electron chi connectivity index (χ3n) is 5.69. The average molecular weight is 463 g/mol. The summed E-state index contributed by atoms with van der Waals surface area (Å²) in [5.74, 6) is -0.216. The second-order valence-corrected chi connectivity index (χ2v) is 8.68. The maximum atomic E-state index is 13.6. The van der Waals surface area contributed by atoms with Gasteiger partial charge < -0.3 is 10.2 Å². The van der Waals surface area contributed by atoms with E-state index in [1.54, 1.807) is 17.0 Å². The molecule has 0 bridgehead atoms. The predicted octanol–water partition coefficient (Wildman–Crippen LogP) is 5.36. The van der Waals surface area contributed by atoms with E-state index in [9.17, 15) is 9.59 Å². The van der Waals surface area contributed by atoms with Gasteiger partial charge in [0.15, 0.2) is 0 Å². The summed E-state index contributed by atoms with van der Waals surface area (Å²) in [6.45, 7) is 4.99. The van der Waals surface area contributed by atoms with Crippen molar-refractivity contribution in [2.24, 2.45) is 0 Å². The average Bonchev–Trinajstić information content (AvgIpc) is 2.83. The highest BCUT2D eigenvalue weighted by Gasteiger charge is 2.30. The van der Waals surface area contributed by atoms with E-state index in [1.165, 1.54) is 0 Å². The molecule has 0 heterocycles. The molecule has 1 atom stereocenters. The summed E-state index contributed by atoms with van der Waals surface area (Å²) in [6, 6.07) is 24.5. The molecule has 5 heteroatoms. The summed E-state index contributed by atoms with van der Waals surface area (Å²) >= 11 is 6.02. The molecule has 0 aliphatic heterocycles. The molecule has 2 amide bonds. The fourth-order valence-corrected chi connectivity index (χ4v) is 3.90. The van der Waals surface area contributed by atoms with Gasteiger partial charge in [-0.1, -0.05) is 85.3 Å². The number of aryl methyl sites for hydroxylation is 1. The molecule has 33 heavy (non-hydrogen) atoms. The molecule has 0 aromatic heterocycles. The van der Waals surface area contributed by atoms with Crippen LogP contribution in [0.5, 0.6) is 0 Å². The second-order valence-electron chi connectivity index (χ2n) is 8.25. The molecule has 172 valence electrons. The lowest BCUT2D eigenvalue weighted by Crippen LogP contribution is -2.51. The van der Waals surface area contributed by atoms with Crippen molar-refractivity contribution in [3.8, 4) is 0 Å². The highest BCUT2D eigenvalue weighted by atomic mass is 35.5. The Balaban J connectivity index is 1.95. The largest absolute Gasteiger partial charge is 0.354 e. The van der Waals surface area contributed by atoms with Crippen LogP contribution < -0.4 is 5.32 Å². The molecule has 0 aliphatic rings. The van der Waals surface area contributed by atoms with Gasteiger partial charge in [0.25, 0.3) is 0 Å². The van der Waals surface area contributed by atoms with Gasteiger partial charge >= 0.3 is 0 Å². The zero-order chi connectivity index (χ0) is 23.6. The number of carbonyl (C=O) groups excluding carboxylic acids is 2. The minimum absolute atomic E-state index is 0.0897. The molecule has 0 unspecified atom stereocenters. The monoisotopic (exact) mass is 462 g/mol. The van der Waals surface area contributed by atoms with Crippen LogP contribution >= 0.6 is 11.6 Å². The summed E-state index contributed by atoms with van der Waals surface area (Å²) in [6.07, 6.45) is 1.49. The first-order valence-corrected chi connectivity index (χ1v) is 11.8. The second kappa shape index (κ2) is 12.2. The topological polar surface area (TPSA) is 49.4 Å². The van der Waals surface area contributed by atoms with Gasteiger partial charge in [-0.3, -0.25) is 9.59 Å². The fourth-order valence-electron chi connectivity index (χ4n) is 3.77. The number of carbonyl (C=O) groups is 2. The van der Waals surface area contributed by atoms with E-state index in [4.69, 9.17) is 11.6 Å². The maximum Gasteiger partial charge on any atom is 0.243 e. The molecule has 4 nitrogen and oxygen atoms in total. The molecule has 0 saturated heterocycles. The highest BCUT2D eigenvalue weighted by molar-refractivity contribution is 6.30. The SMILES string of the molecule is CCCNC(=O)[C@H](Cc1ccccc1)N(Cc1ccccc1C)C(=O)Cc1ccc(Cl)cc1. The lowest BCUT2D eigenvalue weighted by atomic mass is 10.0. The van der Waals surface area contributed by atoms with Crippen LogP contribution in [0, 0.1) is 6.92 Å². The van der Waals surface area contributed by atoms with Crippen LogP contribution in [-0.2, 0) is 29.0 Å². The van der Waals surface area contributed by atoms with Crippen LogP contribution in [0.1, 0.15) is 35.6 Å². The van der Waals surface area contributed by atoms with E-state index in [2.05, 4.69) is 5.32 Å². The fraction of sp³-hybridized carbons (Fsp3) is 0.286. The normalized spacial score (nSPS) is 11.6. The van der Waals surface area contributed by atoms with E-state index in [1.807, 2.05) is 80.6 Å². The first-order valence-electron chi connectivity index (χ1n) is 11.4. The van der Waals surface area contributed by atoms with Gasteiger partial charge in [0.1, 0.15) is 6.04 Å². The first kappa shape index (κ1) is 24.5. The number of rotatable bonds is 10.